The molecular weight excluding hydrogens is 140 g/mol. The number of rotatable bonds is 2. The fourth-order valence-electron chi connectivity index (χ4n) is 2.29. The molecule has 0 N–H and O–H groups in total. The first-order valence-electron chi connectivity index (χ1n) is 3.95. The summed E-state index contributed by atoms with van der Waals surface area (Å²) in [5.74, 6) is 0.785. The molecule has 0 heterocycles. The quantitative estimate of drug-likeness (QED) is 0.431. The van der Waals surface area contributed by atoms with Crippen LogP contribution in [0.25, 0.3) is 0 Å². The average molecular weight is 150 g/mol. The molecule has 0 aromatic rings. The van der Waals surface area contributed by atoms with Crippen LogP contribution in [0.1, 0.15) is 6.42 Å². The van der Waals surface area contributed by atoms with Crippen molar-refractivity contribution in [3.8, 4) is 0 Å². The van der Waals surface area contributed by atoms with E-state index in [4.69, 9.17) is 0 Å². The summed E-state index contributed by atoms with van der Waals surface area (Å²) < 4.78 is 0. The van der Waals surface area contributed by atoms with Crippen LogP contribution in [0.5, 0.6) is 0 Å². The first kappa shape index (κ1) is 6.77. The molecule has 2 aliphatic rings. The van der Waals surface area contributed by atoms with E-state index in [0.717, 1.165) is 19.0 Å². The standard InChI is InChI=1S/C9H10O2/c10-4-7-3-6-1-2-8(7)9(6)5-11/h1-2,4-9H,3H2. The van der Waals surface area contributed by atoms with Crippen molar-refractivity contribution < 1.29 is 9.59 Å². The first-order chi connectivity index (χ1) is 5.36. The third kappa shape index (κ3) is 0.785. The molecule has 2 nitrogen and oxygen atoms in total. The SMILES string of the molecule is O=CC1CC2C=CC1C2C=O. The zero-order valence-corrected chi connectivity index (χ0v) is 6.14. The molecule has 0 aromatic carbocycles. The lowest BCUT2D eigenvalue weighted by molar-refractivity contribution is -0.113. The van der Waals surface area contributed by atoms with E-state index in [0.29, 0.717) is 5.92 Å². The third-order valence-electron chi connectivity index (χ3n) is 2.89. The lowest BCUT2D eigenvalue weighted by atomic mass is 9.93. The Balaban J connectivity index is 2.23. The minimum Gasteiger partial charge on any atom is -0.303 e. The molecule has 0 spiro atoms. The molecule has 11 heavy (non-hydrogen) atoms. The van der Waals surface area contributed by atoms with Crippen molar-refractivity contribution in [3.63, 3.8) is 0 Å². The maximum atomic E-state index is 10.6. The monoisotopic (exact) mass is 150 g/mol. The number of aldehydes is 2. The van der Waals surface area contributed by atoms with Crippen LogP contribution in [0.4, 0.5) is 0 Å². The van der Waals surface area contributed by atoms with Gasteiger partial charge in [0.25, 0.3) is 0 Å². The average Bonchev–Trinajstić information content (AvgIpc) is 2.59. The van der Waals surface area contributed by atoms with Crippen molar-refractivity contribution in [1.29, 1.82) is 0 Å². The van der Waals surface area contributed by atoms with Gasteiger partial charge in [-0.05, 0) is 18.3 Å². The molecule has 4 unspecified atom stereocenters. The third-order valence-corrected chi connectivity index (χ3v) is 2.89. The van der Waals surface area contributed by atoms with Gasteiger partial charge in [-0.1, -0.05) is 12.2 Å². The Hall–Kier alpha value is -0.920. The lowest BCUT2D eigenvalue weighted by Crippen LogP contribution is -2.12. The summed E-state index contributed by atoms with van der Waals surface area (Å²) in [6.07, 6.45) is 6.97. The summed E-state index contributed by atoms with van der Waals surface area (Å²) in [5.41, 5.74) is 0. The van der Waals surface area contributed by atoms with Gasteiger partial charge >= 0.3 is 0 Å². The van der Waals surface area contributed by atoms with Crippen molar-refractivity contribution >= 4 is 12.6 Å². The summed E-state index contributed by atoms with van der Waals surface area (Å²) in [4.78, 5) is 21.1. The molecule has 58 valence electrons. The largest absolute Gasteiger partial charge is 0.303 e. The highest BCUT2D eigenvalue weighted by molar-refractivity contribution is 5.64. The summed E-state index contributed by atoms with van der Waals surface area (Å²) in [7, 11) is 0. The van der Waals surface area contributed by atoms with Crippen molar-refractivity contribution in [2.24, 2.45) is 23.7 Å². The smallest absolute Gasteiger partial charge is 0.124 e. The Kier molecular flexibility index (Phi) is 1.41. The van der Waals surface area contributed by atoms with Crippen molar-refractivity contribution in [1.82, 2.24) is 0 Å². The van der Waals surface area contributed by atoms with E-state index in [1.54, 1.807) is 0 Å². The molecule has 0 saturated heterocycles. The van der Waals surface area contributed by atoms with Crippen LogP contribution in [0.2, 0.25) is 0 Å². The Morgan fingerprint density at radius 1 is 1.18 bits per heavy atom. The normalized spacial score (nSPS) is 46.2. The lowest BCUT2D eigenvalue weighted by Gasteiger charge is -2.09. The van der Waals surface area contributed by atoms with E-state index >= 15 is 0 Å². The molecule has 2 bridgehead atoms. The van der Waals surface area contributed by atoms with Gasteiger partial charge in [-0.25, -0.2) is 0 Å². The maximum absolute atomic E-state index is 10.6. The molecule has 2 rings (SSSR count). The number of allylic oxidation sites excluding steroid dienone is 2. The molecule has 4 atom stereocenters. The van der Waals surface area contributed by atoms with Gasteiger partial charge in [0.15, 0.2) is 0 Å². The number of carbonyl (C=O) groups is 2. The molecular formula is C9H10O2. The highest BCUT2D eigenvalue weighted by Crippen LogP contribution is 2.46. The van der Waals surface area contributed by atoms with E-state index < -0.39 is 0 Å². The highest BCUT2D eigenvalue weighted by Gasteiger charge is 2.44. The second-order valence-electron chi connectivity index (χ2n) is 3.38. The zero-order chi connectivity index (χ0) is 7.84. The van der Waals surface area contributed by atoms with E-state index in [9.17, 15) is 9.59 Å². The van der Waals surface area contributed by atoms with Gasteiger partial charge in [-0.3, -0.25) is 0 Å². The van der Waals surface area contributed by atoms with E-state index in [2.05, 4.69) is 6.08 Å². The van der Waals surface area contributed by atoms with Crippen LogP contribution >= 0.6 is 0 Å². The number of hydrogen-bond donors (Lipinski definition) is 0. The van der Waals surface area contributed by atoms with Gasteiger partial charge in [0.05, 0.1) is 0 Å². The Bertz CT molecular complexity index is 220. The maximum Gasteiger partial charge on any atom is 0.124 e. The molecule has 0 aliphatic heterocycles. The topological polar surface area (TPSA) is 34.1 Å². The Morgan fingerprint density at radius 3 is 2.45 bits per heavy atom. The van der Waals surface area contributed by atoms with Crippen LogP contribution in [0.3, 0.4) is 0 Å². The first-order valence-corrected chi connectivity index (χ1v) is 3.95. The van der Waals surface area contributed by atoms with Crippen LogP contribution in [0, 0.1) is 23.7 Å². The minimum absolute atomic E-state index is 0.102. The van der Waals surface area contributed by atoms with E-state index in [-0.39, 0.29) is 17.8 Å². The van der Waals surface area contributed by atoms with Gasteiger partial charge in [-0.2, -0.15) is 0 Å². The predicted molar refractivity (Wildman–Crippen MR) is 39.8 cm³/mol. The van der Waals surface area contributed by atoms with E-state index in [1.807, 2.05) is 6.08 Å². The molecule has 2 aliphatic carbocycles. The second-order valence-corrected chi connectivity index (χ2v) is 3.38. The summed E-state index contributed by atoms with van der Waals surface area (Å²) in [5, 5.41) is 0. The van der Waals surface area contributed by atoms with Gasteiger partial charge in [0, 0.05) is 11.8 Å². The number of hydrogen-bond acceptors (Lipinski definition) is 2. The second kappa shape index (κ2) is 2.29. The van der Waals surface area contributed by atoms with Gasteiger partial charge in [-0.15, -0.1) is 0 Å². The van der Waals surface area contributed by atoms with Crippen LogP contribution < -0.4 is 0 Å². The van der Waals surface area contributed by atoms with Gasteiger partial charge < -0.3 is 9.59 Å². The van der Waals surface area contributed by atoms with Crippen LogP contribution in [-0.2, 0) is 9.59 Å². The van der Waals surface area contributed by atoms with Gasteiger partial charge in [0.2, 0.25) is 0 Å². The molecule has 0 amide bonds. The fourth-order valence-corrected chi connectivity index (χ4v) is 2.29. The minimum atomic E-state index is 0.102. The fraction of sp³-hybridized carbons (Fsp3) is 0.556. The van der Waals surface area contributed by atoms with Crippen molar-refractivity contribution in [3.05, 3.63) is 12.2 Å². The Morgan fingerprint density at radius 2 is 2.00 bits per heavy atom. The molecule has 2 heteroatoms. The summed E-state index contributed by atoms with van der Waals surface area (Å²) in [6.45, 7) is 0. The Labute approximate surface area is 65.3 Å². The molecule has 1 fully saturated rings. The molecule has 0 aromatic heterocycles. The van der Waals surface area contributed by atoms with Crippen LogP contribution in [-0.4, -0.2) is 12.6 Å². The summed E-state index contributed by atoms with van der Waals surface area (Å²) >= 11 is 0. The molecule has 0 radical (unpaired) electrons. The molecule has 1 saturated carbocycles. The summed E-state index contributed by atoms with van der Waals surface area (Å²) in [6, 6.07) is 0. The predicted octanol–water partition coefficient (Wildman–Crippen LogP) is 0.823. The number of fused-ring (bicyclic) bond motifs is 2. The van der Waals surface area contributed by atoms with E-state index in [1.165, 1.54) is 0 Å². The van der Waals surface area contributed by atoms with Crippen LogP contribution in [0.15, 0.2) is 12.2 Å². The zero-order valence-electron chi connectivity index (χ0n) is 6.14. The highest BCUT2D eigenvalue weighted by atomic mass is 16.1. The van der Waals surface area contributed by atoms with Crippen molar-refractivity contribution in [2.45, 2.75) is 6.42 Å². The number of carbonyl (C=O) groups excluding carboxylic acids is 2. The van der Waals surface area contributed by atoms with Crippen molar-refractivity contribution in [2.75, 3.05) is 0 Å². The van der Waals surface area contributed by atoms with Gasteiger partial charge in [0.1, 0.15) is 12.6 Å².